The molecule has 0 bridgehead atoms. The Morgan fingerprint density at radius 1 is 1.14 bits per heavy atom. The maximum absolute atomic E-state index is 13.9. The maximum atomic E-state index is 13.9. The van der Waals surface area contributed by atoms with Gasteiger partial charge in [0.05, 0.1) is 11.4 Å². The van der Waals surface area contributed by atoms with E-state index in [-0.39, 0.29) is 18.0 Å². The van der Waals surface area contributed by atoms with Crippen molar-refractivity contribution in [3.63, 3.8) is 0 Å². The third-order valence-electron chi connectivity index (χ3n) is 3.44. The average molecular weight is 291 g/mol. The summed E-state index contributed by atoms with van der Waals surface area (Å²) in [6.07, 6.45) is 0.234. The molecule has 0 fully saturated rings. The molecule has 0 amide bonds. The van der Waals surface area contributed by atoms with E-state index >= 15 is 0 Å². The van der Waals surface area contributed by atoms with E-state index in [0.717, 1.165) is 17.0 Å². The van der Waals surface area contributed by atoms with Crippen molar-refractivity contribution in [1.82, 2.24) is 15.5 Å². The number of aromatic nitrogens is 2. The third-order valence-corrected chi connectivity index (χ3v) is 3.44. The molecule has 1 aromatic heterocycles. The van der Waals surface area contributed by atoms with Crippen LogP contribution >= 0.6 is 0 Å². The molecule has 112 valence electrons. The number of nitrogens with zero attached hydrogens (tertiary/aromatic N) is 2. The minimum Gasteiger partial charge on any atom is -0.310 e. The first-order valence-electron chi connectivity index (χ1n) is 7.00. The van der Waals surface area contributed by atoms with Gasteiger partial charge in [-0.25, -0.2) is 8.78 Å². The number of likely N-dealkylation sites (N-methyl/N-ethyl adjacent to an activating group) is 1. The number of hydrogen-bond acceptors (Lipinski definition) is 3. The average Bonchev–Trinajstić information content (AvgIpc) is 2.44. The molecular weight excluding hydrogens is 272 g/mol. The minimum absolute atomic E-state index is 0.0947. The molecule has 3 nitrogen and oxygen atoms in total. The van der Waals surface area contributed by atoms with Gasteiger partial charge in [-0.15, -0.1) is 0 Å². The molecule has 0 aliphatic rings. The van der Waals surface area contributed by atoms with E-state index in [1.807, 2.05) is 26.8 Å². The van der Waals surface area contributed by atoms with Crippen molar-refractivity contribution in [2.45, 2.75) is 33.2 Å². The molecule has 2 rings (SSSR count). The molecular formula is C16H19F2N3. The Labute approximate surface area is 123 Å². The smallest absolute Gasteiger partial charge is 0.129 e. The zero-order valence-corrected chi connectivity index (χ0v) is 12.5. The van der Waals surface area contributed by atoms with Crippen molar-refractivity contribution in [2.24, 2.45) is 0 Å². The Balaban J connectivity index is 2.38. The van der Waals surface area contributed by atoms with Crippen molar-refractivity contribution in [2.75, 3.05) is 6.54 Å². The van der Waals surface area contributed by atoms with Crippen molar-refractivity contribution in [1.29, 1.82) is 0 Å². The highest BCUT2D eigenvalue weighted by atomic mass is 19.1. The molecule has 0 saturated carbocycles. The van der Waals surface area contributed by atoms with E-state index < -0.39 is 11.6 Å². The van der Waals surface area contributed by atoms with Crippen molar-refractivity contribution in [3.05, 3.63) is 58.4 Å². The predicted octanol–water partition coefficient (Wildman–Crippen LogP) is 3.26. The summed E-state index contributed by atoms with van der Waals surface area (Å²) >= 11 is 0. The van der Waals surface area contributed by atoms with E-state index in [4.69, 9.17) is 0 Å². The zero-order valence-electron chi connectivity index (χ0n) is 12.5. The Kier molecular flexibility index (Phi) is 4.96. The van der Waals surface area contributed by atoms with Gasteiger partial charge in [-0.05, 0) is 50.6 Å². The summed E-state index contributed by atoms with van der Waals surface area (Å²) in [7, 11) is 0. The van der Waals surface area contributed by atoms with Crippen LogP contribution in [0.15, 0.2) is 24.3 Å². The standard InChI is InChI=1S/C16H19F2N3/c1-4-19-16(12-8-10(2)20-21-11(12)3)9-13-14(17)6-5-7-15(13)18/h5-8,16,19H,4,9H2,1-3H3. The highest BCUT2D eigenvalue weighted by Crippen LogP contribution is 2.24. The summed E-state index contributed by atoms with van der Waals surface area (Å²) in [4.78, 5) is 0. The fourth-order valence-electron chi connectivity index (χ4n) is 2.39. The van der Waals surface area contributed by atoms with Crippen molar-refractivity contribution in [3.8, 4) is 0 Å². The van der Waals surface area contributed by atoms with Gasteiger partial charge in [-0.3, -0.25) is 0 Å². The van der Waals surface area contributed by atoms with Gasteiger partial charge in [0, 0.05) is 11.6 Å². The molecule has 2 aromatic rings. The van der Waals surface area contributed by atoms with Crippen LogP contribution in [0.25, 0.3) is 0 Å². The maximum Gasteiger partial charge on any atom is 0.129 e. The number of nitrogens with one attached hydrogen (secondary N) is 1. The van der Waals surface area contributed by atoms with Crippen LogP contribution in [-0.2, 0) is 6.42 Å². The zero-order chi connectivity index (χ0) is 15.4. The topological polar surface area (TPSA) is 37.8 Å². The van der Waals surface area contributed by atoms with Crippen molar-refractivity contribution >= 4 is 0 Å². The molecule has 1 atom stereocenters. The molecule has 1 N–H and O–H groups in total. The summed E-state index contributed by atoms with van der Waals surface area (Å²) in [5.74, 6) is -1.04. The number of halogens is 2. The molecule has 5 heteroatoms. The lowest BCUT2D eigenvalue weighted by Gasteiger charge is -2.20. The molecule has 0 aliphatic heterocycles. The second-order valence-corrected chi connectivity index (χ2v) is 5.04. The van der Waals surface area contributed by atoms with Gasteiger partial charge in [0.1, 0.15) is 11.6 Å². The van der Waals surface area contributed by atoms with Crippen LogP contribution in [0.1, 0.15) is 35.5 Å². The Morgan fingerprint density at radius 2 is 1.81 bits per heavy atom. The number of rotatable bonds is 5. The molecule has 0 aliphatic carbocycles. The van der Waals surface area contributed by atoms with Gasteiger partial charge in [0.15, 0.2) is 0 Å². The van der Waals surface area contributed by atoms with E-state index in [1.54, 1.807) is 0 Å². The van der Waals surface area contributed by atoms with Crippen LogP contribution in [0, 0.1) is 25.5 Å². The molecule has 1 aromatic carbocycles. The van der Waals surface area contributed by atoms with Gasteiger partial charge in [-0.2, -0.15) is 10.2 Å². The lowest BCUT2D eigenvalue weighted by atomic mass is 9.97. The molecule has 21 heavy (non-hydrogen) atoms. The van der Waals surface area contributed by atoms with E-state index in [2.05, 4.69) is 15.5 Å². The monoisotopic (exact) mass is 291 g/mol. The van der Waals surface area contributed by atoms with Crippen LogP contribution in [0.4, 0.5) is 8.78 Å². The van der Waals surface area contributed by atoms with E-state index in [0.29, 0.717) is 6.54 Å². The third kappa shape index (κ3) is 3.61. The molecule has 0 spiro atoms. The summed E-state index contributed by atoms with van der Waals surface area (Å²) in [5.41, 5.74) is 2.57. The summed E-state index contributed by atoms with van der Waals surface area (Å²) in [5, 5.41) is 11.4. The lowest BCUT2D eigenvalue weighted by Crippen LogP contribution is -2.25. The van der Waals surface area contributed by atoms with E-state index in [1.165, 1.54) is 18.2 Å². The van der Waals surface area contributed by atoms with Crippen LogP contribution < -0.4 is 5.32 Å². The first-order chi connectivity index (χ1) is 10.0. The second-order valence-electron chi connectivity index (χ2n) is 5.04. The largest absolute Gasteiger partial charge is 0.310 e. The summed E-state index contributed by atoms with van der Waals surface area (Å²) in [6, 6.07) is 5.65. The van der Waals surface area contributed by atoms with Gasteiger partial charge in [0.25, 0.3) is 0 Å². The second kappa shape index (κ2) is 6.72. The van der Waals surface area contributed by atoms with Gasteiger partial charge in [-0.1, -0.05) is 13.0 Å². The molecule has 1 unspecified atom stereocenters. The fraction of sp³-hybridized carbons (Fsp3) is 0.375. The van der Waals surface area contributed by atoms with E-state index in [9.17, 15) is 8.78 Å². The van der Waals surface area contributed by atoms with Crippen LogP contribution in [0.3, 0.4) is 0 Å². The highest BCUT2D eigenvalue weighted by Gasteiger charge is 2.19. The van der Waals surface area contributed by atoms with Crippen LogP contribution in [-0.4, -0.2) is 16.7 Å². The molecule has 1 heterocycles. The highest BCUT2D eigenvalue weighted by molar-refractivity contribution is 5.28. The van der Waals surface area contributed by atoms with Gasteiger partial charge >= 0.3 is 0 Å². The Bertz CT molecular complexity index is 609. The lowest BCUT2D eigenvalue weighted by molar-refractivity contribution is 0.496. The fourth-order valence-corrected chi connectivity index (χ4v) is 2.39. The van der Waals surface area contributed by atoms with Gasteiger partial charge in [0.2, 0.25) is 0 Å². The molecule has 0 radical (unpaired) electrons. The van der Waals surface area contributed by atoms with Gasteiger partial charge < -0.3 is 5.32 Å². The van der Waals surface area contributed by atoms with Crippen LogP contribution in [0.2, 0.25) is 0 Å². The quantitative estimate of drug-likeness (QED) is 0.919. The SMILES string of the molecule is CCNC(Cc1c(F)cccc1F)c1cc(C)nnc1C. The minimum atomic E-state index is -0.519. The summed E-state index contributed by atoms with van der Waals surface area (Å²) < 4.78 is 27.7. The Morgan fingerprint density at radius 3 is 2.43 bits per heavy atom. The first-order valence-corrected chi connectivity index (χ1v) is 7.00. The number of hydrogen-bond donors (Lipinski definition) is 1. The number of benzene rings is 1. The predicted molar refractivity (Wildman–Crippen MR) is 78.0 cm³/mol. The Hall–Kier alpha value is -1.88. The number of aryl methyl sites for hydroxylation is 2. The van der Waals surface area contributed by atoms with Crippen molar-refractivity contribution < 1.29 is 8.78 Å². The van der Waals surface area contributed by atoms with Crippen LogP contribution in [0.5, 0.6) is 0 Å². The normalized spacial score (nSPS) is 12.4. The summed E-state index contributed by atoms with van der Waals surface area (Å²) in [6.45, 7) is 6.36. The first kappa shape index (κ1) is 15.5. The molecule has 0 saturated heterocycles.